The van der Waals surface area contributed by atoms with E-state index in [-0.39, 0.29) is 6.61 Å². The summed E-state index contributed by atoms with van der Waals surface area (Å²) in [5.41, 5.74) is 0.720. The minimum atomic E-state index is 0.276. The topological polar surface area (TPSA) is 22.1 Å². The summed E-state index contributed by atoms with van der Waals surface area (Å²) in [6, 6.07) is 6.77. The second-order valence-electron chi connectivity index (χ2n) is 3.45. The molecule has 18 heavy (non-hydrogen) atoms. The average Bonchev–Trinajstić information content (AvgIpc) is 2.32. The first-order valence-electron chi connectivity index (χ1n) is 4.94. The van der Waals surface area contributed by atoms with E-state index in [4.69, 9.17) is 39.5 Å². The van der Waals surface area contributed by atoms with Crippen LogP contribution in [0.4, 0.5) is 0 Å². The Bertz CT molecular complexity index is 577. The number of hydrogen-bond donors (Lipinski definition) is 0. The number of rotatable bonds is 3. The van der Waals surface area contributed by atoms with Crippen LogP contribution in [0.1, 0.15) is 5.69 Å². The normalized spacial score (nSPS) is 10.4. The highest BCUT2D eigenvalue weighted by Crippen LogP contribution is 2.34. The molecule has 0 aliphatic carbocycles. The number of pyridine rings is 1. The molecule has 0 saturated carbocycles. The van der Waals surface area contributed by atoms with Crippen molar-refractivity contribution in [2.45, 2.75) is 6.61 Å². The Kier molecular flexibility index (Phi) is 4.73. The maximum Gasteiger partial charge on any atom is 0.140 e. The van der Waals surface area contributed by atoms with Crippen LogP contribution < -0.4 is 4.74 Å². The largest absolute Gasteiger partial charge is 0.486 e. The van der Waals surface area contributed by atoms with Crippen molar-refractivity contribution in [1.29, 1.82) is 0 Å². The van der Waals surface area contributed by atoms with Gasteiger partial charge >= 0.3 is 0 Å². The molecule has 6 heteroatoms. The van der Waals surface area contributed by atoms with Gasteiger partial charge in [-0.05, 0) is 34.1 Å². The van der Waals surface area contributed by atoms with E-state index < -0.39 is 0 Å². The van der Waals surface area contributed by atoms with Crippen LogP contribution in [0, 0.1) is 0 Å². The van der Waals surface area contributed by atoms with Gasteiger partial charge < -0.3 is 4.74 Å². The van der Waals surface area contributed by atoms with Gasteiger partial charge in [0.1, 0.15) is 12.4 Å². The molecule has 0 bridgehead atoms. The Labute approximate surface area is 128 Å². The van der Waals surface area contributed by atoms with Crippen molar-refractivity contribution < 1.29 is 4.74 Å². The second kappa shape index (κ2) is 6.11. The first-order valence-corrected chi connectivity index (χ1v) is 6.87. The van der Waals surface area contributed by atoms with Crippen molar-refractivity contribution >= 4 is 50.7 Å². The van der Waals surface area contributed by atoms with Crippen LogP contribution in [0.3, 0.4) is 0 Å². The average molecular weight is 367 g/mol. The smallest absolute Gasteiger partial charge is 0.140 e. The molecule has 2 rings (SSSR count). The molecule has 1 aromatic heterocycles. The van der Waals surface area contributed by atoms with E-state index in [1.165, 1.54) is 0 Å². The Balaban J connectivity index is 2.13. The van der Waals surface area contributed by atoms with Crippen LogP contribution in [-0.2, 0) is 6.61 Å². The van der Waals surface area contributed by atoms with Crippen molar-refractivity contribution in [3.8, 4) is 5.75 Å². The summed E-state index contributed by atoms with van der Waals surface area (Å²) in [5, 5.41) is 1.63. The van der Waals surface area contributed by atoms with E-state index in [0.29, 0.717) is 20.8 Å². The van der Waals surface area contributed by atoms with Gasteiger partial charge in [0.2, 0.25) is 0 Å². The van der Waals surface area contributed by atoms with E-state index in [1.54, 1.807) is 30.5 Å². The molecule has 2 nitrogen and oxygen atoms in total. The highest BCUT2D eigenvalue weighted by molar-refractivity contribution is 9.10. The summed E-state index contributed by atoms with van der Waals surface area (Å²) in [5.74, 6) is 0.506. The van der Waals surface area contributed by atoms with Crippen LogP contribution in [0.15, 0.2) is 34.9 Å². The van der Waals surface area contributed by atoms with Crippen LogP contribution in [0.25, 0.3) is 0 Å². The van der Waals surface area contributed by atoms with Gasteiger partial charge in [-0.1, -0.05) is 34.8 Å². The molecule has 0 spiro atoms. The van der Waals surface area contributed by atoms with Crippen molar-refractivity contribution in [2.24, 2.45) is 0 Å². The molecule has 2 aromatic rings. The summed E-state index contributed by atoms with van der Waals surface area (Å²) in [7, 11) is 0. The fourth-order valence-electron chi connectivity index (χ4n) is 1.29. The SMILES string of the molecule is Clc1ccnc(COc2cc(Cl)c(Br)cc2Cl)c1. The van der Waals surface area contributed by atoms with Crippen molar-refractivity contribution in [1.82, 2.24) is 4.98 Å². The molecule has 0 amide bonds. The molecule has 94 valence electrons. The predicted octanol–water partition coefficient (Wildman–Crippen LogP) is 5.38. The lowest BCUT2D eigenvalue weighted by molar-refractivity contribution is 0.301. The van der Waals surface area contributed by atoms with Gasteiger partial charge in [-0.3, -0.25) is 4.98 Å². The van der Waals surface area contributed by atoms with Crippen LogP contribution in [0.5, 0.6) is 5.75 Å². The number of hydrogen-bond acceptors (Lipinski definition) is 2. The van der Waals surface area contributed by atoms with E-state index in [1.807, 2.05) is 0 Å². The molecular weight excluding hydrogens is 360 g/mol. The van der Waals surface area contributed by atoms with Crippen LogP contribution in [-0.4, -0.2) is 4.98 Å². The molecule has 0 fully saturated rings. The zero-order valence-corrected chi connectivity index (χ0v) is 12.8. The molecule has 0 atom stereocenters. The first kappa shape index (κ1) is 13.9. The van der Waals surface area contributed by atoms with E-state index in [2.05, 4.69) is 20.9 Å². The molecular formula is C12H7BrCl3NO. The minimum Gasteiger partial charge on any atom is -0.486 e. The van der Waals surface area contributed by atoms with Gasteiger partial charge in [0.25, 0.3) is 0 Å². The summed E-state index contributed by atoms with van der Waals surface area (Å²) >= 11 is 21.1. The van der Waals surface area contributed by atoms with Gasteiger partial charge in [-0.25, -0.2) is 0 Å². The molecule has 1 aromatic carbocycles. The predicted molar refractivity (Wildman–Crippen MR) is 77.7 cm³/mol. The summed E-state index contributed by atoms with van der Waals surface area (Å²) < 4.78 is 6.28. The Morgan fingerprint density at radius 1 is 1.11 bits per heavy atom. The maximum absolute atomic E-state index is 6.04. The van der Waals surface area contributed by atoms with Crippen molar-refractivity contribution in [3.63, 3.8) is 0 Å². The number of ether oxygens (including phenoxy) is 1. The molecule has 0 N–H and O–H groups in total. The highest BCUT2D eigenvalue weighted by Gasteiger charge is 2.07. The lowest BCUT2D eigenvalue weighted by Gasteiger charge is -2.09. The second-order valence-corrected chi connectivity index (χ2v) is 5.56. The molecule has 0 aliphatic heterocycles. The Hall–Kier alpha value is -0.480. The van der Waals surface area contributed by atoms with E-state index >= 15 is 0 Å². The van der Waals surface area contributed by atoms with Gasteiger partial charge in [0, 0.05) is 21.8 Å². The van der Waals surface area contributed by atoms with Crippen LogP contribution >= 0.6 is 50.7 Å². The van der Waals surface area contributed by atoms with E-state index in [9.17, 15) is 0 Å². The summed E-state index contributed by atoms with van der Waals surface area (Å²) in [6.45, 7) is 0.276. The van der Waals surface area contributed by atoms with Gasteiger partial charge in [-0.15, -0.1) is 0 Å². The molecule has 0 aliphatic rings. The molecule has 0 radical (unpaired) electrons. The third-order valence-corrected chi connectivity index (χ3v) is 3.86. The minimum absolute atomic E-state index is 0.276. The highest BCUT2D eigenvalue weighted by atomic mass is 79.9. The van der Waals surface area contributed by atoms with E-state index in [0.717, 1.165) is 10.2 Å². The van der Waals surface area contributed by atoms with Gasteiger partial charge in [-0.2, -0.15) is 0 Å². The first-order chi connectivity index (χ1) is 8.56. The Morgan fingerprint density at radius 3 is 2.61 bits per heavy atom. The summed E-state index contributed by atoms with van der Waals surface area (Å²) in [6.07, 6.45) is 1.62. The van der Waals surface area contributed by atoms with Gasteiger partial charge in [0.15, 0.2) is 0 Å². The quantitative estimate of drug-likeness (QED) is 0.679. The number of benzene rings is 1. The lowest BCUT2D eigenvalue weighted by atomic mass is 10.3. The Morgan fingerprint density at radius 2 is 1.89 bits per heavy atom. The summed E-state index contributed by atoms with van der Waals surface area (Å²) in [4.78, 5) is 4.13. The standard InChI is InChI=1S/C12H7BrCl3NO/c13-9-4-11(16)12(5-10(9)15)18-6-8-3-7(14)1-2-17-8/h1-5H,6H2. The van der Waals surface area contributed by atoms with Crippen molar-refractivity contribution in [3.05, 3.63) is 55.7 Å². The molecule has 0 unspecified atom stereocenters. The number of nitrogens with zero attached hydrogens (tertiary/aromatic N) is 1. The zero-order chi connectivity index (χ0) is 13.1. The fourth-order valence-corrected chi connectivity index (χ4v) is 2.32. The third kappa shape index (κ3) is 3.51. The van der Waals surface area contributed by atoms with Crippen molar-refractivity contribution in [2.75, 3.05) is 0 Å². The third-order valence-electron chi connectivity index (χ3n) is 2.13. The number of halogens is 4. The molecule has 0 saturated heterocycles. The lowest BCUT2D eigenvalue weighted by Crippen LogP contribution is -1.98. The number of aromatic nitrogens is 1. The van der Waals surface area contributed by atoms with Gasteiger partial charge in [0.05, 0.1) is 15.7 Å². The zero-order valence-electron chi connectivity index (χ0n) is 8.96. The maximum atomic E-state index is 6.04. The fraction of sp³-hybridized carbons (Fsp3) is 0.0833. The monoisotopic (exact) mass is 365 g/mol. The van der Waals surface area contributed by atoms with Crippen LogP contribution in [0.2, 0.25) is 15.1 Å². The molecule has 1 heterocycles.